The number of hydrogen-bond acceptors (Lipinski definition) is 6. The molecule has 176 valence electrons. The van der Waals surface area contributed by atoms with Gasteiger partial charge < -0.3 is 10.1 Å². The molecular formula is C25H22FN7O2. The molecule has 0 saturated carbocycles. The van der Waals surface area contributed by atoms with Crippen LogP contribution >= 0.6 is 0 Å². The Kier molecular flexibility index (Phi) is 5.44. The summed E-state index contributed by atoms with van der Waals surface area (Å²) in [6.07, 6.45) is 3.61. The Morgan fingerprint density at radius 1 is 1.00 bits per heavy atom. The fraction of sp³-hybridized carbons (Fsp3) is 0.200. The van der Waals surface area contributed by atoms with Crippen LogP contribution in [0.2, 0.25) is 0 Å². The molecule has 1 aliphatic heterocycles. The summed E-state index contributed by atoms with van der Waals surface area (Å²) in [6.45, 7) is 3.03. The van der Waals surface area contributed by atoms with Crippen LogP contribution < -0.4 is 5.32 Å². The fourth-order valence-corrected chi connectivity index (χ4v) is 4.26. The largest absolute Gasteiger partial charge is 0.379 e. The van der Waals surface area contributed by atoms with E-state index in [4.69, 9.17) is 14.8 Å². The summed E-state index contributed by atoms with van der Waals surface area (Å²) < 4.78 is 22.5. The van der Waals surface area contributed by atoms with Crippen molar-refractivity contribution in [2.45, 2.75) is 0 Å². The van der Waals surface area contributed by atoms with Crippen molar-refractivity contribution in [3.05, 3.63) is 72.8 Å². The summed E-state index contributed by atoms with van der Waals surface area (Å²) in [5, 5.41) is 7.61. The highest BCUT2D eigenvalue weighted by Gasteiger charge is 2.19. The molecule has 35 heavy (non-hydrogen) atoms. The van der Waals surface area contributed by atoms with E-state index in [0.29, 0.717) is 42.6 Å². The van der Waals surface area contributed by atoms with Gasteiger partial charge in [0.25, 0.3) is 0 Å². The van der Waals surface area contributed by atoms with E-state index in [-0.39, 0.29) is 11.7 Å². The van der Waals surface area contributed by atoms with Crippen LogP contribution in [0.5, 0.6) is 0 Å². The zero-order valence-electron chi connectivity index (χ0n) is 18.8. The Labute approximate surface area is 199 Å². The van der Waals surface area contributed by atoms with Gasteiger partial charge in [0.1, 0.15) is 22.9 Å². The number of ether oxygens (including phenoxy) is 1. The standard InChI is InChI=1S/C25H22FN7O2/c26-18-6-4-17(5-7-18)24-25(32-10-2-1-3-21(32)29-24)19-8-9-22-27-20(15-33(22)30-19)28-23(34)16-31-11-13-35-14-12-31/h1-10,15H,11-14,16H2,(H,28,34). The number of fused-ring (bicyclic) bond motifs is 2. The number of hydrogen-bond donors (Lipinski definition) is 1. The zero-order chi connectivity index (χ0) is 23.8. The molecule has 0 bridgehead atoms. The normalized spacial score (nSPS) is 14.5. The molecular weight excluding hydrogens is 449 g/mol. The second-order valence-electron chi connectivity index (χ2n) is 8.33. The van der Waals surface area contributed by atoms with E-state index in [0.717, 1.165) is 30.0 Å². The van der Waals surface area contributed by atoms with Crippen LogP contribution in [0.25, 0.3) is 33.9 Å². The highest BCUT2D eigenvalue weighted by molar-refractivity contribution is 5.91. The van der Waals surface area contributed by atoms with Gasteiger partial charge in [0.2, 0.25) is 5.91 Å². The first-order valence-corrected chi connectivity index (χ1v) is 11.3. The number of imidazole rings is 2. The molecule has 6 rings (SSSR count). The van der Waals surface area contributed by atoms with Crippen LogP contribution in [0.4, 0.5) is 10.2 Å². The Morgan fingerprint density at radius 3 is 2.66 bits per heavy atom. The van der Waals surface area contributed by atoms with Gasteiger partial charge in [-0.3, -0.25) is 14.1 Å². The van der Waals surface area contributed by atoms with Crippen molar-refractivity contribution in [2.75, 3.05) is 38.2 Å². The van der Waals surface area contributed by atoms with Gasteiger partial charge in [-0.2, -0.15) is 5.10 Å². The molecule has 5 heterocycles. The van der Waals surface area contributed by atoms with Gasteiger partial charge in [-0.1, -0.05) is 6.07 Å². The monoisotopic (exact) mass is 471 g/mol. The van der Waals surface area contributed by atoms with E-state index in [1.165, 1.54) is 12.1 Å². The summed E-state index contributed by atoms with van der Waals surface area (Å²) >= 11 is 0. The van der Waals surface area contributed by atoms with Crippen molar-refractivity contribution in [3.63, 3.8) is 0 Å². The van der Waals surface area contributed by atoms with E-state index in [9.17, 15) is 9.18 Å². The molecule has 0 radical (unpaired) electrons. The first-order valence-electron chi connectivity index (χ1n) is 11.3. The average Bonchev–Trinajstić information content (AvgIpc) is 3.45. The molecule has 0 atom stereocenters. The third-order valence-corrected chi connectivity index (χ3v) is 5.95. The molecule has 1 aliphatic rings. The van der Waals surface area contributed by atoms with Gasteiger partial charge in [0, 0.05) is 24.8 Å². The average molecular weight is 471 g/mol. The summed E-state index contributed by atoms with van der Waals surface area (Å²) in [7, 11) is 0. The molecule has 0 spiro atoms. The number of morpholine rings is 1. The smallest absolute Gasteiger partial charge is 0.239 e. The van der Waals surface area contributed by atoms with Gasteiger partial charge in [-0.15, -0.1) is 0 Å². The Balaban J connectivity index is 1.34. The maximum absolute atomic E-state index is 13.5. The summed E-state index contributed by atoms with van der Waals surface area (Å²) in [6, 6.07) is 15.7. The third kappa shape index (κ3) is 4.25. The van der Waals surface area contributed by atoms with Crippen LogP contribution in [0.3, 0.4) is 0 Å². The van der Waals surface area contributed by atoms with Crippen LogP contribution in [-0.4, -0.2) is 67.6 Å². The first-order chi connectivity index (χ1) is 17.1. The number of nitrogens with zero attached hydrogens (tertiary/aromatic N) is 6. The SMILES string of the molecule is O=C(CN1CCOCC1)Nc1cn2nc(-c3c(-c4ccc(F)cc4)nc4ccccn34)ccc2n1. The molecule has 1 saturated heterocycles. The van der Waals surface area contributed by atoms with Crippen LogP contribution in [0.1, 0.15) is 0 Å². The minimum absolute atomic E-state index is 0.129. The Bertz CT molecular complexity index is 1520. The van der Waals surface area contributed by atoms with Crippen molar-refractivity contribution < 1.29 is 13.9 Å². The molecule has 0 aliphatic carbocycles. The maximum Gasteiger partial charge on any atom is 0.239 e. The molecule has 1 fully saturated rings. The van der Waals surface area contributed by atoms with Gasteiger partial charge in [0.05, 0.1) is 31.6 Å². The lowest BCUT2D eigenvalue weighted by atomic mass is 10.1. The van der Waals surface area contributed by atoms with E-state index in [1.54, 1.807) is 22.8 Å². The lowest BCUT2D eigenvalue weighted by molar-refractivity contribution is -0.118. The quantitative estimate of drug-likeness (QED) is 0.424. The van der Waals surface area contributed by atoms with Crippen molar-refractivity contribution in [3.8, 4) is 22.6 Å². The molecule has 5 aromatic rings. The second-order valence-corrected chi connectivity index (χ2v) is 8.33. The number of nitrogens with one attached hydrogen (secondary N) is 1. The molecule has 1 N–H and O–H groups in total. The number of amides is 1. The topological polar surface area (TPSA) is 89.1 Å². The lowest BCUT2D eigenvalue weighted by Crippen LogP contribution is -2.41. The zero-order valence-corrected chi connectivity index (χ0v) is 18.8. The molecule has 1 amide bonds. The number of benzene rings is 1. The van der Waals surface area contributed by atoms with E-state index in [2.05, 4.69) is 10.3 Å². The van der Waals surface area contributed by atoms with Crippen molar-refractivity contribution in [1.82, 2.24) is 28.9 Å². The summed E-state index contributed by atoms with van der Waals surface area (Å²) in [5.74, 6) is 0.000871. The van der Waals surface area contributed by atoms with E-state index in [1.807, 2.05) is 45.8 Å². The second kappa shape index (κ2) is 8.90. The maximum atomic E-state index is 13.5. The Morgan fingerprint density at radius 2 is 1.83 bits per heavy atom. The van der Waals surface area contributed by atoms with Crippen LogP contribution in [0, 0.1) is 5.82 Å². The molecule has 10 heteroatoms. The summed E-state index contributed by atoms with van der Waals surface area (Å²) in [4.78, 5) is 23.8. The number of halogens is 1. The highest BCUT2D eigenvalue weighted by atomic mass is 19.1. The number of pyridine rings is 1. The number of carbonyl (C=O) groups is 1. The number of carbonyl (C=O) groups excluding carboxylic acids is 1. The van der Waals surface area contributed by atoms with E-state index < -0.39 is 0 Å². The highest BCUT2D eigenvalue weighted by Crippen LogP contribution is 2.32. The minimum atomic E-state index is -0.305. The summed E-state index contributed by atoms with van der Waals surface area (Å²) in [5.41, 5.74) is 4.29. The van der Waals surface area contributed by atoms with Crippen molar-refractivity contribution >= 4 is 23.0 Å². The van der Waals surface area contributed by atoms with Gasteiger partial charge in [0.15, 0.2) is 11.5 Å². The van der Waals surface area contributed by atoms with Crippen LogP contribution in [0.15, 0.2) is 67.0 Å². The first kappa shape index (κ1) is 21.4. The van der Waals surface area contributed by atoms with Gasteiger partial charge >= 0.3 is 0 Å². The minimum Gasteiger partial charge on any atom is -0.379 e. The van der Waals surface area contributed by atoms with E-state index >= 15 is 0 Å². The number of anilines is 1. The van der Waals surface area contributed by atoms with Crippen molar-refractivity contribution in [1.29, 1.82) is 0 Å². The molecule has 9 nitrogen and oxygen atoms in total. The Hall–Kier alpha value is -4.15. The molecule has 0 unspecified atom stereocenters. The van der Waals surface area contributed by atoms with Gasteiger partial charge in [-0.05, 0) is 48.5 Å². The van der Waals surface area contributed by atoms with Crippen LogP contribution in [-0.2, 0) is 9.53 Å². The predicted molar refractivity (Wildman–Crippen MR) is 128 cm³/mol. The number of aromatic nitrogens is 5. The fourth-order valence-electron chi connectivity index (χ4n) is 4.26. The molecule has 4 aromatic heterocycles. The van der Waals surface area contributed by atoms with Crippen molar-refractivity contribution in [2.24, 2.45) is 0 Å². The third-order valence-electron chi connectivity index (χ3n) is 5.95. The predicted octanol–water partition coefficient (Wildman–Crippen LogP) is 3.12. The van der Waals surface area contributed by atoms with Gasteiger partial charge in [-0.25, -0.2) is 18.9 Å². The number of rotatable bonds is 5. The molecule has 1 aromatic carbocycles. The lowest BCUT2D eigenvalue weighted by Gasteiger charge is -2.25.